The fourth-order valence-electron chi connectivity index (χ4n) is 3.27. The van der Waals surface area contributed by atoms with Crippen molar-refractivity contribution >= 4 is 28.2 Å². The van der Waals surface area contributed by atoms with Gasteiger partial charge in [-0.05, 0) is 48.5 Å². The lowest BCUT2D eigenvalue weighted by Crippen LogP contribution is -2.22. The summed E-state index contributed by atoms with van der Waals surface area (Å²) in [5, 5.41) is 0. The van der Waals surface area contributed by atoms with E-state index in [9.17, 15) is 18.0 Å². The van der Waals surface area contributed by atoms with E-state index in [1.54, 1.807) is 12.1 Å². The number of ether oxygens (including phenoxy) is 1. The van der Waals surface area contributed by atoms with Crippen molar-refractivity contribution in [3.8, 4) is 0 Å². The zero-order valence-electron chi connectivity index (χ0n) is 15.4. The number of hydrogen-bond acceptors (Lipinski definition) is 3. The van der Waals surface area contributed by atoms with Gasteiger partial charge in [-0.1, -0.05) is 24.3 Å². The van der Waals surface area contributed by atoms with Crippen LogP contribution in [0.5, 0.6) is 0 Å². The van der Waals surface area contributed by atoms with Crippen LogP contribution >= 0.6 is 0 Å². The van der Waals surface area contributed by atoms with Crippen LogP contribution in [0.2, 0.25) is 0 Å². The Balaban J connectivity index is 1.69. The third kappa shape index (κ3) is 3.82. The Morgan fingerprint density at radius 1 is 0.897 bits per heavy atom. The Kier molecular flexibility index (Phi) is 5.00. The van der Waals surface area contributed by atoms with Crippen molar-refractivity contribution in [2.75, 3.05) is 18.6 Å². The largest absolute Gasteiger partial charge is 0.452 e. The molecule has 0 amide bonds. The lowest BCUT2D eigenvalue weighted by Gasteiger charge is -2.28. The van der Waals surface area contributed by atoms with E-state index < -0.39 is 29.6 Å². The Morgan fingerprint density at radius 3 is 1.93 bits per heavy atom. The molecule has 0 saturated carbocycles. The molecule has 7 heteroatoms. The molecule has 0 unspecified atom stereocenters. The normalized spacial score (nSPS) is 13.6. The van der Waals surface area contributed by atoms with Crippen molar-refractivity contribution in [1.82, 2.24) is 0 Å². The summed E-state index contributed by atoms with van der Waals surface area (Å²) in [5.41, 5.74) is 2.30. The fraction of sp³-hybridized carbons (Fsp3) is 0.136. The predicted octanol–water partition coefficient (Wildman–Crippen LogP) is 5.58. The number of hydrogen-bond donors (Lipinski definition) is 0. The molecule has 0 aliphatic carbocycles. The molecule has 0 atom stereocenters. The van der Waals surface area contributed by atoms with Gasteiger partial charge in [0.15, 0.2) is 21.3 Å². The summed E-state index contributed by atoms with van der Waals surface area (Å²) in [6.45, 7) is -1.59. The fourth-order valence-corrected chi connectivity index (χ4v) is 5.68. The van der Waals surface area contributed by atoms with E-state index in [2.05, 4.69) is 33.9 Å². The van der Waals surface area contributed by atoms with E-state index in [-0.39, 0.29) is 5.56 Å². The van der Waals surface area contributed by atoms with Gasteiger partial charge in [-0.2, -0.15) is 13.2 Å². The van der Waals surface area contributed by atoms with E-state index in [1.165, 1.54) is 12.1 Å². The minimum atomic E-state index is -4.54. The Bertz CT molecular complexity index is 1000. The number of alkyl halides is 3. The molecule has 4 rings (SSSR count). The highest BCUT2D eigenvalue weighted by atomic mass is 32.2. The van der Waals surface area contributed by atoms with Gasteiger partial charge in [-0.3, -0.25) is 0 Å². The van der Waals surface area contributed by atoms with Crippen molar-refractivity contribution in [2.24, 2.45) is 0 Å². The number of fused-ring (bicyclic) bond motifs is 2. The van der Waals surface area contributed by atoms with Gasteiger partial charge in [0.2, 0.25) is 0 Å². The first-order valence-corrected chi connectivity index (χ1v) is 10.1. The summed E-state index contributed by atoms with van der Waals surface area (Å²) in [6.07, 6.45) is -4.54. The molecule has 0 saturated heterocycles. The molecule has 3 aromatic rings. The molecule has 1 aliphatic rings. The Labute approximate surface area is 169 Å². The van der Waals surface area contributed by atoms with Gasteiger partial charge in [0.1, 0.15) is 10.9 Å². The van der Waals surface area contributed by atoms with Crippen LogP contribution in [0, 0.1) is 0 Å². The first-order valence-electron chi connectivity index (χ1n) is 8.85. The SMILES string of the molecule is CN1c2ccccc2[S+](c2ccc(C(=O)OCC(F)(F)F)cc2)c2ccccc21. The number of carbonyl (C=O) groups excluding carboxylic acids is 1. The van der Waals surface area contributed by atoms with E-state index in [1.807, 2.05) is 31.3 Å². The molecule has 3 aromatic carbocycles. The summed E-state index contributed by atoms with van der Waals surface area (Å²) in [7, 11) is 1.63. The maximum absolute atomic E-state index is 12.3. The van der Waals surface area contributed by atoms with Gasteiger partial charge in [0, 0.05) is 7.05 Å². The zero-order chi connectivity index (χ0) is 20.6. The van der Waals surface area contributed by atoms with Crippen LogP contribution in [0.1, 0.15) is 10.4 Å². The van der Waals surface area contributed by atoms with E-state index in [0.717, 1.165) is 26.1 Å². The second kappa shape index (κ2) is 7.48. The smallest absolute Gasteiger partial charge is 0.422 e. The molecule has 3 nitrogen and oxygen atoms in total. The number of esters is 1. The number of carbonyl (C=O) groups is 1. The second-order valence-electron chi connectivity index (χ2n) is 6.52. The summed E-state index contributed by atoms with van der Waals surface area (Å²) in [5.74, 6) is -0.985. The van der Waals surface area contributed by atoms with Crippen LogP contribution in [0.25, 0.3) is 0 Å². The van der Waals surface area contributed by atoms with Crippen LogP contribution in [-0.2, 0) is 15.6 Å². The average Bonchev–Trinajstić information content (AvgIpc) is 2.72. The number of anilines is 2. The van der Waals surface area contributed by atoms with Gasteiger partial charge in [0.05, 0.1) is 16.9 Å². The Morgan fingerprint density at radius 2 is 1.41 bits per heavy atom. The standard InChI is InChI=1S/C22H17F3NO2S/c1-26-17-6-2-4-8-19(17)29(20-9-5-3-7-18(20)26)16-12-10-15(11-13-16)21(27)28-14-22(23,24)25/h2-13H,14H2,1H3/q+1. The number of para-hydroxylation sites is 2. The lowest BCUT2D eigenvalue weighted by molar-refractivity contribution is -0.161. The van der Waals surface area contributed by atoms with E-state index in [4.69, 9.17) is 0 Å². The number of benzene rings is 3. The van der Waals surface area contributed by atoms with Crippen LogP contribution < -0.4 is 4.90 Å². The predicted molar refractivity (Wildman–Crippen MR) is 106 cm³/mol. The van der Waals surface area contributed by atoms with E-state index >= 15 is 0 Å². The quantitative estimate of drug-likeness (QED) is 0.412. The topological polar surface area (TPSA) is 29.5 Å². The molecule has 0 N–H and O–H groups in total. The summed E-state index contributed by atoms with van der Waals surface area (Å²) < 4.78 is 41.2. The van der Waals surface area contributed by atoms with Gasteiger partial charge in [-0.25, -0.2) is 4.79 Å². The first kappa shape index (κ1) is 19.4. The monoisotopic (exact) mass is 416 g/mol. The number of nitrogens with zero attached hydrogens (tertiary/aromatic N) is 1. The summed E-state index contributed by atoms with van der Waals surface area (Å²) in [6, 6.07) is 22.9. The zero-order valence-corrected chi connectivity index (χ0v) is 16.3. The number of halogens is 3. The van der Waals surface area contributed by atoms with Crippen molar-refractivity contribution in [1.29, 1.82) is 0 Å². The molecule has 1 aliphatic heterocycles. The van der Waals surface area contributed by atoms with Gasteiger partial charge < -0.3 is 9.64 Å². The minimum Gasteiger partial charge on any atom is -0.452 e. The number of rotatable bonds is 3. The molecule has 148 valence electrons. The minimum absolute atomic E-state index is 0.0947. The molecular formula is C22H17F3NO2S+. The lowest BCUT2D eigenvalue weighted by atomic mass is 10.2. The third-order valence-corrected chi connectivity index (χ3v) is 6.90. The molecule has 1 heterocycles. The highest BCUT2D eigenvalue weighted by Gasteiger charge is 2.39. The van der Waals surface area contributed by atoms with Gasteiger partial charge in [0.25, 0.3) is 0 Å². The van der Waals surface area contributed by atoms with E-state index in [0.29, 0.717) is 0 Å². The van der Waals surface area contributed by atoms with Crippen molar-refractivity contribution in [2.45, 2.75) is 20.9 Å². The maximum atomic E-state index is 12.3. The summed E-state index contributed by atoms with van der Waals surface area (Å²) in [4.78, 5) is 17.3. The molecular weight excluding hydrogens is 399 g/mol. The van der Waals surface area contributed by atoms with Crippen LogP contribution in [0.4, 0.5) is 24.5 Å². The molecule has 29 heavy (non-hydrogen) atoms. The Hall–Kier alpha value is -2.93. The van der Waals surface area contributed by atoms with Crippen molar-refractivity contribution in [3.05, 3.63) is 78.4 Å². The first-order chi connectivity index (χ1) is 13.8. The third-order valence-electron chi connectivity index (χ3n) is 4.59. The molecule has 0 spiro atoms. The van der Waals surface area contributed by atoms with Crippen LogP contribution in [-0.4, -0.2) is 25.8 Å². The summed E-state index contributed by atoms with van der Waals surface area (Å²) >= 11 is 0. The molecule has 0 aromatic heterocycles. The van der Waals surface area contributed by atoms with Crippen molar-refractivity contribution in [3.63, 3.8) is 0 Å². The average molecular weight is 416 g/mol. The van der Waals surface area contributed by atoms with Gasteiger partial charge >= 0.3 is 12.1 Å². The van der Waals surface area contributed by atoms with Gasteiger partial charge in [-0.15, -0.1) is 0 Å². The molecule has 0 bridgehead atoms. The second-order valence-corrected chi connectivity index (χ2v) is 8.48. The molecule has 0 fully saturated rings. The molecule has 0 radical (unpaired) electrons. The van der Waals surface area contributed by atoms with Crippen LogP contribution in [0.3, 0.4) is 0 Å². The maximum Gasteiger partial charge on any atom is 0.422 e. The van der Waals surface area contributed by atoms with Crippen LogP contribution in [0.15, 0.2) is 87.5 Å². The highest BCUT2D eigenvalue weighted by Crippen LogP contribution is 2.47. The van der Waals surface area contributed by atoms with Crippen molar-refractivity contribution < 1.29 is 22.7 Å². The highest BCUT2D eigenvalue weighted by molar-refractivity contribution is 7.97.